The summed E-state index contributed by atoms with van der Waals surface area (Å²) in [4.78, 5) is 0. The third-order valence-electron chi connectivity index (χ3n) is 1.69. The van der Waals surface area contributed by atoms with Crippen LogP contribution in [0.25, 0.3) is 0 Å². The van der Waals surface area contributed by atoms with Crippen molar-refractivity contribution in [1.29, 1.82) is 5.26 Å². The van der Waals surface area contributed by atoms with Crippen molar-refractivity contribution in [3.8, 4) is 6.07 Å². The van der Waals surface area contributed by atoms with E-state index in [-0.39, 0.29) is 11.4 Å². The summed E-state index contributed by atoms with van der Waals surface area (Å²) in [5.74, 6) is -0.474. The molecule has 0 heterocycles. The second-order valence-corrected chi connectivity index (χ2v) is 2.90. The van der Waals surface area contributed by atoms with Crippen molar-refractivity contribution in [3.63, 3.8) is 0 Å². The standard InChI is InChI=1S/C9H7ClFN/c1-6-2-3-8(10)9(11)7(6)4-5-12/h2-3H,4H2,1H3. The molecule has 0 aliphatic carbocycles. The predicted molar refractivity (Wildman–Crippen MR) is 45.5 cm³/mol. The molecule has 0 fully saturated rings. The van der Waals surface area contributed by atoms with E-state index in [1.54, 1.807) is 13.0 Å². The van der Waals surface area contributed by atoms with Crippen LogP contribution in [0.5, 0.6) is 0 Å². The Balaban J connectivity index is 3.25. The molecule has 0 unspecified atom stereocenters. The SMILES string of the molecule is Cc1ccc(Cl)c(F)c1CC#N. The number of hydrogen-bond acceptors (Lipinski definition) is 1. The minimum Gasteiger partial charge on any atom is -0.205 e. The average Bonchev–Trinajstić information content (AvgIpc) is 2.06. The predicted octanol–water partition coefficient (Wildman–Crippen LogP) is 2.85. The van der Waals surface area contributed by atoms with Crippen LogP contribution in [0.3, 0.4) is 0 Å². The van der Waals surface area contributed by atoms with Crippen molar-refractivity contribution < 1.29 is 4.39 Å². The Morgan fingerprint density at radius 3 is 2.83 bits per heavy atom. The normalized spacial score (nSPS) is 9.50. The zero-order valence-electron chi connectivity index (χ0n) is 6.56. The largest absolute Gasteiger partial charge is 0.205 e. The summed E-state index contributed by atoms with van der Waals surface area (Å²) >= 11 is 5.54. The van der Waals surface area contributed by atoms with Crippen LogP contribution < -0.4 is 0 Å². The zero-order valence-corrected chi connectivity index (χ0v) is 7.32. The first-order valence-corrected chi connectivity index (χ1v) is 3.85. The number of halogens is 2. The highest BCUT2D eigenvalue weighted by Crippen LogP contribution is 2.21. The van der Waals surface area contributed by atoms with Crippen LogP contribution in [0, 0.1) is 24.1 Å². The van der Waals surface area contributed by atoms with Crippen molar-refractivity contribution >= 4 is 11.6 Å². The summed E-state index contributed by atoms with van der Waals surface area (Å²) in [6.45, 7) is 1.76. The van der Waals surface area contributed by atoms with Crippen LogP contribution >= 0.6 is 11.6 Å². The molecule has 0 saturated heterocycles. The van der Waals surface area contributed by atoms with Gasteiger partial charge in [0.2, 0.25) is 0 Å². The van der Waals surface area contributed by atoms with Gasteiger partial charge in [-0.25, -0.2) is 4.39 Å². The highest BCUT2D eigenvalue weighted by atomic mass is 35.5. The van der Waals surface area contributed by atoms with Gasteiger partial charge in [0.25, 0.3) is 0 Å². The smallest absolute Gasteiger partial charge is 0.146 e. The van der Waals surface area contributed by atoms with Crippen LogP contribution in [0.2, 0.25) is 5.02 Å². The van der Waals surface area contributed by atoms with Gasteiger partial charge in [-0.2, -0.15) is 5.26 Å². The van der Waals surface area contributed by atoms with E-state index < -0.39 is 5.82 Å². The van der Waals surface area contributed by atoms with Gasteiger partial charge < -0.3 is 0 Å². The molecule has 0 bridgehead atoms. The van der Waals surface area contributed by atoms with Gasteiger partial charge in [-0.1, -0.05) is 17.7 Å². The first kappa shape index (κ1) is 9.02. The molecule has 1 nitrogen and oxygen atoms in total. The van der Waals surface area contributed by atoms with E-state index in [0.29, 0.717) is 5.56 Å². The van der Waals surface area contributed by atoms with Crippen LogP contribution in [0.15, 0.2) is 12.1 Å². The third-order valence-corrected chi connectivity index (χ3v) is 1.98. The van der Waals surface area contributed by atoms with Crippen molar-refractivity contribution in [2.75, 3.05) is 0 Å². The lowest BCUT2D eigenvalue weighted by molar-refractivity contribution is 0.614. The number of nitrogens with zero attached hydrogens (tertiary/aromatic N) is 1. The second-order valence-electron chi connectivity index (χ2n) is 2.49. The van der Waals surface area contributed by atoms with E-state index in [1.807, 2.05) is 6.07 Å². The van der Waals surface area contributed by atoms with Crippen LogP contribution in [0.4, 0.5) is 4.39 Å². The van der Waals surface area contributed by atoms with Crippen molar-refractivity contribution in [3.05, 3.63) is 34.1 Å². The Kier molecular flexibility index (Phi) is 2.67. The van der Waals surface area contributed by atoms with Gasteiger partial charge in [-0.3, -0.25) is 0 Å². The molecule has 0 radical (unpaired) electrons. The summed E-state index contributed by atoms with van der Waals surface area (Å²) in [5.41, 5.74) is 1.16. The summed E-state index contributed by atoms with van der Waals surface area (Å²) in [6.07, 6.45) is 0.0677. The van der Waals surface area contributed by atoms with Gasteiger partial charge in [0.1, 0.15) is 5.82 Å². The highest BCUT2D eigenvalue weighted by Gasteiger charge is 2.08. The summed E-state index contributed by atoms with van der Waals surface area (Å²) in [6, 6.07) is 5.09. The van der Waals surface area contributed by atoms with Gasteiger partial charge in [-0.15, -0.1) is 0 Å². The lowest BCUT2D eigenvalue weighted by atomic mass is 10.1. The van der Waals surface area contributed by atoms with Gasteiger partial charge in [-0.05, 0) is 18.6 Å². The summed E-state index contributed by atoms with van der Waals surface area (Å²) in [7, 11) is 0. The van der Waals surface area contributed by atoms with Gasteiger partial charge in [0.05, 0.1) is 17.5 Å². The number of rotatable bonds is 1. The monoisotopic (exact) mass is 183 g/mol. The number of aryl methyl sites for hydroxylation is 1. The summed E-state index contributed by atoms with van der Waals surface area (Å²) < 4.78 is 13.2. The Labute approximate surface area is 75.4 Å². The second kappa shape index (κ2) is 3.55. The molecule has 0 aliphatic rings. The maximum absolute atomic E-state index is 13.2. The zero-order chi connectivity index (χ0) is 9.14. The Hall–Kier alpha value is -1.07. The molecular formula is C9H7ClFN. The average molecular weight is 184 g/mol. The Morgan fingerprint density at radius 2 is 2.25 bits per heavy atom. The molecule has 3 heteroatoms. The fourth-order valence-corrected chi connectivity index (χ4v) is 1.16. The highest BCUT2D eigenvalue weighted by molar-refractivity contribution is 6.30. The van der Waals surface area contributed by atoms with Crippen LogP contribution in [-0.4, -0.2) is 0 Å². The van der Waals surface area contributed by atoms with Crippen molar-refractivity contribution in [2.24, 2.45) is 0 Å². The Bertz CT molecular complexity index is 341. The molecule has 62 valence electrons. The molecule has 0 saturated carbocycles. The van der Waals surface area contributed by atoms with Gasteiger partial charge >= 0.3 is 0 Å². The van der Waals surface area contributed by atoms with E-state index in [2.05, 4.69) is 0 Å². The molecule has 1 aromatic carbocycles. The maximum atomic E-state index is 13.2. The third kappa shape index (κ3) is 1.57. The molecule has 0 amide bonds. The lowest BCUT2D eigenvalue weighted by Gasteiger charge is -2.03. The molecule has 0 N–H and O–H groups in total. The number of hydrogen-bond donors (Lipinski definition) is 0. The molecule has 1 rings (SSSR count). The molecule has 0 spiro atoms. The number of benzene rings is 1. The van der Waals surface area contributed by atoms with E-state index >= 15 is 0 Å². The molecule has 0 aliphatic heterocycles. The molecule has 0 atom stereocenters. The van der Waals surface area contributed by atoms with Gasteiger partial charge in [0, 0.05) is 5.56 Å². The fourth-order valence-electron chi connectivity index (χ4n) is 0.985. The molecule has 0 aromatic heterocycles. The maximum Gasteiger partial charge on any atom is 0.146 e. The molecule has 12 heavy (non-hydrogen) atoms. The summed E-state index contributed by atoms with van der Waals surface area (Å²) in [5, 5.41) is 8.47. The minimum atomic E-state index is -0.474. The van der Waals surface area contributed by atoms with Crippen molar-refractivity contribution in [1.82, 2.24) is 0 Å². The van der Waals surface area contributed by atoms with E-state index in [4.69, 9.17) is 16.9 Å². The van der Waals surface area contributed by atoms with E-state index in [1.165, 1.54) is 6.07 Å². The van der Waals surface area contributed by atoms with E-state index in [9.17, 15) is 4.39 Å². The Morgan fingerprint density at radius 1 is 1.58 bits per heavy atom. The van der Waals surface area contributed by atoms with Crippen LogP contribution in [-0.2, 0) is 6.42 Å². The number of nitriles is 1. The van der Waals surface area contributed by atoms with Crippen molar-refractivity contribution in [2.45, 2.75) is 13.3 Å². The quantitative estimate of drug-likeness (QED) is 0.657. The molecular weight excluding hydrogens is 177 g/mol. The van der Waals surface area contributed by atoms with E-state index in [0.717, 1.165) is 5.56 Å². The topological polar surface area (TPSA) is 23.8 Å². The minimum absolute atomic E-state index is 0.0677. The first-order valence-electron chi connectivity index (χ1n) is 3.47. The fraction of sp³-hybridized carbons (Fsp3) is 0.222. The molecule has 1 aromatic rings. The van der Waals surface area contributed by atoms with Crippen LogP contribution in [0.1, 0.15) is 11.1 Å². The first-order chi connectivity index (χ1) is 5.66. The van der Waals surface area contributed by atoms with Gasteiger partial charge in [0.15, 0.2) is 0 Å². The lowest BCUT2D eigenvalue weighted by Crippen LogP contribution is -1.93.